The lowest BCUT2D eigenvalue weighted by Gasteiger charge is -2.34. The van der Waals surface area contributed by atoms with Crippen LogP contribution < -0.4 is 4.90 Å². The van der Waals surface area contributed by atoms with E-state index in [2.05, 4.69) is 14.9 Å². The van der Waals surface area contributed by atoms with Gasteiger partial charge in [0.25, 0.3) is 0 Å². The highest BCUT2D eigenvalue weighted by molar-refractivity contribution is 6.35. The number of hydrogen-bond acceptors (Lipinski definition) is 4. The van der Waals surface area contributed by atoms with Gasteiger partial charge in [-0.3, -0.25) is 4.79 Å². The first kappa shape index (κ1) is 16.7. The highest BCUT2D eigenvalue weighted by Crippen LogP contribution is 2.22. The number of carbonyl (C=O) groups excluding carboxylic acids is 1. The first-order chi connectivity index (χ1) is 11.6. The fourth-order valence-corrected chi connectivity index (χ4v) is 2.96. The molecule has 0 unspecified atom stereocenters. The second-order valence-electron chi connectivity index (χ2n) is 5.36. The molecule has 1 saturated heterocycles. The first-order valence-corrected chi connectivity index (χ1v) is 8.33. The summed E-state index contributed by atoms with van der Waals surface area (Å²) < 4.78 is 0. The summed E-state index contributed by atoms with van der Waals surface area (Å²) in [5, 5.41) is 1.10. The van der Waals surface area contributed by atoms with Crippen LogP contribution >= 0.6 is 23.2 Å². The Kier molecular flexibility index (Phi) is 5.33. The zero-order valence-electron chi connectivity index (χ0n) is 12.9. The van der Waals surface area contributed by atoms with Gasteiger partial charge in [0.1, 0.15) is 0 Å². The third-order valence-electron chi connectivity index (χ3n) is 3.79. The molecule has 0 spiro atoms. The van der Waals surface area contributed by atoms with Crippen molar-refractivity contribution in [2.24, 2.45) is 0 Å². The van der Waals surface area contributed by atoms with Crippen LogP contribution in [0.15, 0.2) is 42.7 Å². The lowest BCUT2D eigenvalue weighted by Crippen LogP contribution is -2.48. The van der Waals surface area contributed by atoms with E-state index in [1.54, 1.807) is 53.7 Å². The predicted molar refractivity (Wildman–Crippen MR) is 96.3 cm³/mol. The molecule has 0 atom stereocenters. The molecule has 2 heterocycles. The number of piperazine rings is 1. The van der Waals surface area contributed by atoms with E-state index in [0.717, 1.165) is 5.56 Å². The highest BCUT2D eigenvalue weighted by atomic mass is 35.5. The van der Waals surface area contributed by atoms with E-state index >= 15 is 0 Å². The fourth-order valence-electron chi connectivity index (χ4n) is 2.48. The molecule has 24 heavy (non-hydrogen) atoms. The summed E-state index contributed by atoms with van der Waals surface area (Å²) >= 11 is 12.0. The number of anilines is 1. The van der Waals surface area contributed by atoms with E-state index in [-0.39, 0.29) is 5.91 Å². The molecule has 0 radical (unpaired) electrons. The molecule has 1 aliphatic heterocycles. The van der Waals surface area contributed by atoms with Crippen LogP contribution in [-0.4, -0.2) is 47.0 Å². The minimum atomic E-state index is -0.0327. The van der Waals surface area contributed by atoms with Crippen molar-refractivity contribution < 1.29 is 4.79 Å². The monoisotopic (exact) mass is 362 g/mol. The van der Waals surface area contributed by atoms with E-state index in [0.29, 0.717) is 42.2 Å². The summed E-state index contributed by atoms with van der Waals surface area (Å²) in [5.41, 5.74) is 0.769. The fraction of sp³-hybridized carbons (Fsp3) is 0.235. The average Bonchev–Trinajstić information content (AvgIpc) is 2.62. The molecule has 1 amide bonds. The maximum atomic E-state index is 12.3. The van der Waals surface area contributed by atoms with Crippen LogP contribution in [0.4, 0.5) is 5.95 Å². The Morgan fingerprint density at radius 1 is 1.08 bits per heavy atom. The number of aromatic nitrogens is 2. The minimum absolute atomic E-state index is 0.0327. The van der Waals surface area contributed by atoms with Crippen molar-refractivity contribution in [1.29, 1.82) is 0 Å². The lowest BCUT2D eigenvalue weighted by atomic mass is 10.2. The van der Waals surface area contributed by atoms with Gasteiger partial charge in [-0.2, -0.15) is 0 Å². The standard InChI is InChI=1S/C17H16Cl2N4O/c18-14-4-2-13(15(19)12-14)3-5-16(24)22-8-10-23(11-9-22)17-20-6-1-7-21-17/h1-7,12H,8-11H2/b5-3-. The molecule has 124 valence electrons. The van der Waals surface area contributed by atoms with Gasteiger partial charge >= 0.3 is 0 Å². The van der Waals surface area contributed by atoms with Gasteiger partial charge in [-0.25, -0.2) is 9.97 Å². The topological polar surface area (TPSA) is 49.3 Å². The molecule has 1 fully saturated rings. The Labute approximate surface area is 150 Å². The number of benzene rings is 1. The van der Waals surface area contributed by atoms with E-state index < -0.39 is 0 Å². The Balaban J connectivity index is 1.58. The van der Waals surface area contributed by atoms with Crippen molar-refractivity contribution in [2.75, 3.05) is 31.1 Å². The van der Waals surface area contributed by atoms with Crippen LogP contribution in [0.2, 0.25) is 10.0 Å². The summed E-state index contributed by atoms with van der Waals surface area (Å²) in [6.07, 6.45) is 6.70. The molecule has 2 aromatic rings. The van der Waals surface area contributed by atoms with Crippen molar-refractivity contribution in [3.63, 3.8) is 0 Å². The number of carbonyl (C=O) groups is 1. The number of nitrogens with zero attached hydrogens (tertiary/aromatic N) is 4. The minimum Gasteiger partial charge on any atom is -0.337 e. The van der Waals surface area contributed by atoms with Crippen molar-refractivity contribution in [1.82, 2.24) is 14.9 Å². The van der Waals surface area contributed by atoms with E-state index in [9.17, 15) is 4.79 Å². The largest absolute Gasteiger partial charge is 0.337 e. The Morgan fingerprint density at radius 3 is 2.46 bits per heavy atom. The van der Waals surface area contributed by atoms with Gasteiger partial charge in [0.15, 0.2) is 0 Å². The molecule has 7 heteroatoms. The molecule has 0 N–H and O–H groups in total. The molecule has 1 aromatic heterocycles. The predicted octanol–water partition coefficient (Wildman–Crippen LogP) is 3.15. The normalized spacial score (nSPS) is 15.1. The van der Waals surface area contributed by atoms with Crippen LogP contribution in [0.5, 0.6) is 0 Å². The Morgan fingerprint density at radius 2 is 1.79 bits per heavy atom. The SMILES string of the molecule is O=C(/C=C\c1ccc(Cl)cc1Cl)N1CCN(c2ncccn2)CC1. The Hall–Kier alpha value is -2.11. The van der Waals surface area contributed by atoms with Gasteiger partial charge in [-0.1, -0.05) is 29.3 Å². The summed E-state index contributed by atoms with van der Waals surface area (Å²) in [7, 11) is 0. The molecule has 5 nitrogen and oxygen atoms in total. The third-order valence-corrected chi connectivity index (χ3v) is 4.36. The summed E-state index contributed by atoms with van der Waals surface area (Å²) in [5.74, 6) is 0.669. The number of hydrogen-bond donors (Lipinski definition) is 0. The van der Waals surface area contributed by atoms with E-state index in [4.69, 9.17) is 23.2 Å². The summed E-state index contributed by atoms with van der Waals surface area (Å²) in [4.78, 5) is 24.7. The van der Waals surface area contributed by atoms with Gasteiger partial charge in [-0.05, 0) is 29.8 Å². The van der Waals surface area contributed by atoms with Crippen LogP contribution in [0.3, 0.4) is 0 Å². The van der Waals surface area contributed by atoms with Gasteiger partial charge in [0.2, 0.25) is 11.9 Å². The molecule has 1 aliphatic rings. The van der Waals surface area contributed by atoms with Crippen molar-refractivity contribution in [3.05, 3.63) is 58.3 Å². The van der Waals surface area contributed by atoms with Crippen molar-refractivity contribution >= 4 is 41.1 Å². The number of amides is 1. The number of halogens is 2. The molecular weight excluding hydrogens is 347 g/mol. The second-order valence-corrected chi connectivity index (χ2v) is 6.20. The van der Waals surface area contributed by atoms with Crippen LogP contribution in [0.25, 0.3) is 6.08 Å². The van der Waals surface area contributed by atoms with Crippen LogP contribution in [0.1, 0.15) is 5.56 Å². The highest BCUT2D eigenvalue weighted by Gasteiger charge is 2.20. The maximum absolute atomic E-state index is 12.3. The van der Waals surface area contributed by atoms with Crippen LogP contribution in [0, 0.1) is 0 Å². The first-order valence-electron chi connectivity index (χ1n) is 7.57. The van der Waals surface area contributed by atoms with Gasteiger partial charge in [0, 0.05) is 54.7 Å². The molecule has 0 bridgehead atoms. The molecule has 0 aliphatic carbocycles. The van der Waals surface area contributed by atoms with E-state index in [1.165, 1.54) is 0 Å². The summed E-state index contributed by atoms with van der Waals surface area (Å²) in [6, 6.07) is 6.98. The van der Waals surface area contributed by atoms with Crippen LogP contribution in [-0.2, 0) is 4.79 Å². The summed E-state index contributed by atoms with van der Waals surface area (Å²) in [6.45, 7) is 2.70. The third kappa shape index (κ3) is 4.04. The molecule has 0 saturated carbocycles. The average molecular weight is 363 g/mol. The van der Waals surface area contributed by atoms with E-state index in [1.807, 2.05) is 0 Å². The molecule has 1 aromatic carbocycles. The Bertz CT molecular complexity index is 744. The quantitative estimate of drug-likeness (QED) is 0.787. The number of rotatable bonds is 3. The molecular formula is C17H16Cl2N4O. The zero-order chi connectivity index (χ0) is 16.9. The maximum Gasteiger partial charge on any atom is 0.246 e. The van der Waals surface area contributed by atoms with Crippen molar-refractivity contribution in [3.8, 4) is 0 Å². The molecule has 3 rings (SSSR count). The van der Waals surface area contributed by atoms with Gasteiger partial charge < -0.3 is 9.80 Å². The lowest BCUT2D eigenvalue weighted by molar-refractivity contribution is -0.126. The van der Waals surface area contributed by atoms with Gasteiger partial charge in [0.05, 0.1) is 0 Å². The smallest absolute Gasteiger partial charge is 0.246 e. The second kappa shape index (κ2) is 7.64. The van der Waals surface area contributed by atoms with Gasteiger partial charge in [-0.15, -0.1) is 0 Å². The zero-order valence-corrected chi connectivity index (χ0v) is 14.4. The van der Waals surface area contributed by atoms with Crippen molar-refractivity contribution in [2.45, 2.75) is 0 Å².